The van der Waals surface area contributed by atoms with Gasteiger partial charge in [0.25, 0.3) is 0 Å². The summed E-state index contributed by atoms with van der Waals surface area (Å²) in [5.74, 6) is 3.17. The third-order valence-corrected chi connectivity index (χ3v) is 2.27. The molecule has 0 saturated heterocycles. The molecule has 0 amide bonds. The van der Waals surface area contributed by atoms with Crippen molar-refractivity contribution in [1.29, 1.82) is 0 Å². The van der Waals surface area contributed by atoms with Crippen LogP contribution in [0.15, 0.2) is 22.7 Å². The first-order valence-electron chi connectivity index (χ1n) is 4.26. The Kier molecular flexibility index (Phi) is 3.99. The van der Waals surface area contributed by atoms with Crippen LogP contribution >= 0.6 is 15.9 Å². The smallest absolute Gasteiger partial charge is 0.148 e. The van der Waals surface area contributed by atoms with Gasteiger partial charge in [-0.05, 0) is 25.1 Å². The molecule has 0 spiro atoms. The zero-order valence-electron chi connectivity index (χ0n) is 7.96. The Bertz CT molecular complexity index is 355. The minimum atomic E-state index is -0.0692. The molecule has 1 aromatic carbocycles. The van der Waals surface area contributed by atoms with Crippen molar-refractivity contribution in [3.8, 4) is 18.1 Å². The van der Waals surface area contributed by atoms with Crippen LogP contribution in [-0.2, 0) is 0 Å². The summed E-state index contributed by atoms with van der Waals surface area (Å²) >= 11 is 3.38. The molecule has 0 bridgehead atoms. The first kappa shape index (κ1) is 11.1. The summed E-state index contributed by atoms with van der Waals surface area (Å²) in [5, 5.41) is 0. The molecule has 1 aromatic rings. The summed E-state index contributed by atoms with van der Waals surface area (Å²) in [7, 11) is 0. The van der Waals surface area contributed by atoms with Crippen LogP contribution in [0.3, 0.4) is 0 Å². The van der Waals surface area contributed by atoms with Gasteiger partial charge in [-0.25, -0.2) is 0 Å². The molecule has 0 unspecified atom stereocenters. The van der Waals surface area contributed by atoms with Gasteiger partial charge in [-0.1, -0.05) is 21.9 Å². The summed E-state index contributed by atoms with van der Waals surface area (Å²) in [6.45, 7) is 2.17. The predicted octanol–water partition coefficient (Wildman–Crippen LogP) is 2.48. The fourth-order valence-corrected chi connectivity index (χ4v) is 1.50. The fraction of sp³-hybridized carbons (Fsp3) is 0.273. The lowest BCUT2D eigenvalue weighted by molar-refractivity contribution is 0.364. The molecule has 0 heterocycles. The lowest BCUT2D eigenvalue weighted by atomic mass is 10.1. The highest BCUT2D eigenvalue weighted by atomic mass is 79.9. The monoisotopic (exact) mass is 253 g/mol. The quantitative estimate of drug-likeness (QED) is 0.841. The first-order valence-corrected chi connectivity index (χ1v) is 5.05. The minimum Gasteiger partial charge on any atom is -0.481 e. The lowest BCUT2D eigenvalue weighted by Crippen LogP contribution is -2.08. The van der Waals surface area contributed by atoms with Crippen molar-refractivity contribution in [2.45, 2.75) is 13.0 Å². The lowest BCUT2D eigenvalue weighted by Gasteiger charge is -2.12. The van der Waals surface area contributed by atoms with E-state index in [-0.39, 0.29) is 12.6 Å². The SMILES string of the molecule is C#CCOc1ccc(Br)cc1[C@@H](C)N. The minimum absolute atomic E-state index is 0.0692. The Morgan fingerprint density at radius 1 is 1.64 bits per heavy atom. The van der Waals surface area contributed by atoms with Gasteiger partial charge < -0.3 is 10.5 Å². The van der Waals surface area contributed by atoms with E-state index in [0.717, 1.165) is 15.8 Å². The zero-order chi connectivity index (χ0) is 10.6. The summed E-state index contributed by atoms with van der Waals surface area (Å²) < 4.78 is 6.35. The zero-order valence-corrected chi connectivity index (χ0v) is 9.54. The summed E-state index contributed by atoms with van der Waals surface area (Å²) in [4.78, 5) is 0. The van der Waals surface area contributed by atoms with Crippen LogP contribution in [0, 0.1) is 12.3 Å². The average Bonchev–Trinajstić information content (AvgIpc) is 2.15. The van der Waals surface area contributed by atoms with Gasteiger partial charge >= 0.3 is 0 Å². The fourth-order valence-electron chi connectivity index (χ4n) is 1.13. The highest BCUT2D eigenvalue weighted by Crippen LogP contribution is 2.27. The summed E-state index contributed by atoms with van der Waals surface area (Å²) in [6, 6.07) is 5.63. The number of ether oxygens (including phenoxy) is 1. The molecule has 3 heteroatoms. The van der Waals surface area contributed by atoms with E-state index in [9.17, 15) is 0 Å². The van der Waals surface area contributed by atoms with E-state index >= 15 is 0 Å². The van der Waals surface area contributed by atoms with Gasteiger partial charge in [0.15, 0.2) is 0 Å². The van der Waals surface area contributed by atoms with E-state index in [0.29, 0.717) is 0 Å². The molecule has 1 atom stereocenters. The molecule has 0 fully saturated rings. The number of terminal acetylenes is 1. The molecule has 0 saturated carbocycles. The maximum Gasteiger partial charge on any atom is 0.148 e. The molecular formula is C11H12BrNO. The maximum atomic E-state index is 5.80. The van der Waals surface area contributed by atoms with Crippen LogP contribution in [-0.4, -0.2) is 6.61 Å². The standard InChI is InChI=1S/C11H12BrNO/c1-3-6-14-11-5-4-9(12)7-10(11)8(2)13/h1,4-5,7-8H,6,13H2,2H3/t8-/m1/s1. The normalized spacial score (nSPS) is 11.9. The number of benzene rings is 1. The average molecular weight is 254 g/mol. The van der Waals surface area contributed by atoms with Crippen LogP contribution in [0.5, 0.6) is 5.75 Å². The van der Waals surface area contributed by atoms with E-state index in [1.54, 1.807) is 0 Å². The highest BCUT2D eigenvalue weighted by molar-refractivity contribution is 9.10. The van der Waals surface area contributed by atoms with E-state index in [1.165, 1.54) is 0 Å². The highest BCUT2D eigenvalue weighted by Gasteiger charge is 2.08. The topological polar surface area (TPSA) is 35.2 Å². The number of rotatable bonds is 3. The molecule has 0 aliphatic carbocycles. The Morgan fingerprint density at radius 3 is 2.93 bits per heavy atom. The Labute approximate surface area is 92.6 Å². The van der Waals surface area contributed by atoms with Crippen LogP contribution in [0.25, 0.3) is 0 Å². The van der Waals surface area contributed by atoms with Crippen molar-refractivity contribution < 1.29 is 4.74 Å². The van der Waals surface area contributed by atoms with Crippen LogP contribution in [0.1, 0.15) is 18.5 Å². The number of hydrogen-bond acceptors (Lipinski definition) is 2. The number of nitrogens with two attached hydrogens (primary N) is 1. The van der Waals surface area contributed by atoms with E-state index in [4.69, 9.17) is 16.9 Å². The molecule has 0 aliphatic heterocycles. The van der Waals surface area contributed by atoms with E-state index in [1.807, 2.05) is 25.1 Å². The van der Waals surface area contributed by atoms with Gasteiger partial charge in [0, 0.05) is 16.1 Å². The van der Waals surface area contributed by atoms with Gasteiger partial charge in [-0.15, -0.1) is 6.42 Å². The van der Waals surface area contributed by atoms with Crippen LogP contribution in [0.2, 0.25) is 0 Å². The Morgan fingerprint density at radius 2 is 2.36 bits per heavy atom. The molecule has 14 heavy (non-hydrogen) atoms. The van der Waals surface area contributed by atoms with Gasteiger partial charge in [0.2, 0.25) is 0 Å². The van der Waals surface area contributed by atoms with Crippen molar-refractivity contribution in [3.05, 3.63) is 28.2 Å². The van der Waals surface area contributed by atoms with Crippen molar-refractivity contribution >= 4 is 15.9 Å². The third-order valence-electron chi connectivity index (χ3n) is 1.77. The molecule has 0 aliphatic rings. The second-order valence-electron chi connectivity index (χ2n) is 2.96. The molecule has 1 rings (SSSR count). The molecule has 0 aromatic heterocycles. The molecule has 74 valence electrons. The predicted molar refractivity (Wildman–Crippen MR) is 61.1 cm³/mol. The maximum absolute atomic E-state index is 5.80. The number of hydrogen-bond donors (Lipinski definition) is 1. The molecule has 0 radical (unpaired) electrons. The summed E-state index contributed by atoms with van der Waals surface area (Å²) in [5.41, 5.74) is 6.76. The Hall–Kier alpha value is -0.980. The van der Waals surface area contributed by atoms with Crippen molar-refractivity contribution in [1.82, 2.24) is 0 Å². The summed E-state index contributed by atoms with van der Waals surface area (Å²) in [6.07, 6.45) is 5.12. The number of halogens is 1. The first-order chi connectivity index (χ1) is 6.65. The van der Waals surface area contributed by atoms with Crippen LogP contribution < -0.4 is 10.5 Å². The van der Waals surface area contributed by atoms with Gasteiger partial charge in [-0.3, -0.25) is 0 Å². The molecular weight excluding hydrogens is 242 g/mol. The van der Waals surface area contributed by atoms with Gasteiger partial charge in [0.05, 0.1) is 0 Å². The van der Waals surface area contributed by atoms with E-state index in [2.05, 4.69) is 21.9 Å². The van der Waals surface area contributed by atoms with Crippen molar-refractivity contribution in [2.24, 2.45) is 5.73 Å². The van der Waals surface area contributed by atoms with Crippen LogP contribution in [0.4, 0.5) is 0 Å². The van der Waals surface area contributed by atoms with Crippen molar-refractivity contribution in [3.63, 3.8) is 0 Å². The third kappa shape index (κ3) is 2.76. The largest absolute Gasteiger partial charge is 0.481 e. The second kappa shape index (κ2) is 5.04. The Balaban J connectivity index is 2.97. The van der Waals surface area contributed by atoms with Crippen molar-refractivity contribution in [2.75, 3.05) is 6.61 Å². The van der Waals surface area contributed by atoms with Gasteiger partial charge in [-0.2, -0.15) is 0 Å². The van der Waals surface area contributed by atoms with Gasteiger partial charge in [0.1, 0.15) is 12.4 Å². The molecule has 2 nitrogen and oxygen atoms in total. The molecule has 2 N–H and O–H groups in total. The van der Waals surface area contributed by atoms with E-state index < -0.39 is 0 Å². The second-order valence-corrected chi connectivity index (χ2v) is 3.88.